The summed E-state index contributed by atoms with van der Waals surface area (Å²) < 4.78 is 55.3. The highest BCUT2D eigenvalue weighted by Crippen LogP contribution is 2.16. The lowest BCUT2D eigenvalue weighted by Gasteiger charge is -2.31. The molecular formula is C13H15F2NO4S. The van der Waals surface area contributed by atoms with E-state index in [1.54, 1.807) is 6.92 Å². The molecule has 1 aliphatic heterocycles. The van der Waals surface area contributed by atoms with Crippen molar-refractivity contribution in [1.29, 1.82) is 0 Å². The molecular weight excluding hydrogens is 304 g/mol. The van der Waals surface area contributed by atoms with Crippen molar-refractivity contribution in [3.8, 4) is 0 Å². The zero-order valence-electron chi connectivity index (χ0n) is 11.4. The van der Waals surface area contributed by atoms with Crippen LogP contribution in [0.4, 0.5) is 8.78 Å². The lowest BCUT2D eigenvalue weighted by molar-refractivity contribution is -0.135. The molecule has 1 aromatic carbocycles. The van der Waals surface area contributed by atoms with Gasteiger partial charge in [-0.3, -0.25) is 4.79 Å². The molecule has 8 heteroatoms. The SMILES string of the molecule is CC1CN(C(=O)CS(=O)(=O)c2ccc(F)c(F)c2)CCO1. The van der Waals surface area contributed by atoms with Gasteiger partial charge in [-0.15, -0.1) is 0 Å². The fourth-order valence-corrected chi connectivity index (χ4v) is 3.29. The molecule has 0 radical (unpaired) electrons. The topological polar surface area (TPSA) is 63.7 Å². The van der Waals surface area contributed by atoms with Crippen LogP contribution in [0.1, 0.15) is 6.92 Å². The number of carbonyl (C=O) groups is 1. The molecule has 0 saturated carbocycles. The normalized spacial score (nSPS) is 19.6. The number of nitrogens with zero attached hydrogens (tertiary/aromatic N) is 1. The largest absolute Gasteiger partial charge is 0.375 e. The minimum absolute atomic E-state index is 0.159. The Morgan fingerprint density at radius 3 is 2.71 bits per heavy atom. The van der Waals surface area contributed by atoms with Crippen molar-refractivity contribution in [1.82, 2.24) is 4.90 Å². The first-order chi connectivity index (χ1) is 9.79. The number of halogens is 2. The van der Waals surface area contributed by atoms with E-state index in [0.29, 0.717) is 25.8 Å². The highest BCUT2D eigenvalue weighted by Gasteiger charge is 2.27. The first-order valence-corrected chi connectivity index (χ1v) is 8.02. The van der Waals surface area contributed by atoms with Gasteiger partial charge in [-0.05, 0) is 25.1 Å². The van der Waals surface area contributed by atoms with Gasteiger partial charge < -0.3 is 9.64 Å². The smallest absolute Gasteiger partial charge is 0.238 e. The average molecular weight is 319 g/mol. The van der Waals surface area contributed by atoms with E-state index < -0.39 is 38.0 Å². The van der Waals surface area contributed by atoms with Gasteiger partial charge in [0.15, 0.2) is 21.5 Å². The van der Waals surface area contributed by atoms with Gasteiger partial charge in [-0.25, -0.2) is 17.2 Å². The number of rotatable bonds is 3. The Kier molecular flexibility index (Phi) is 4.58. The number of amides is 1. The van der Waals surface area contributed by atoms with Crippen LogP contribution in [0.3, 0.4) is 0 Å². The zero-order chi connectivity index (χ0) is 15.6. The molecule has 1 aromatic rings. The van der Waals surface area contributed by atoms with Crippen LogP contribution in [0.5, 0.6) is 0 Å². The quantitative estimate of drug-likeness (QED) is 0.779. The van der Waals surface area contributed by atoms with Crippen molar-refractivity contribution in [2.45, 2.75) is 17.9 Å². The van der Waals surface area contributed by atoms with Gasteiger partial charge in [-0.2, -0.15) is 0 Å². The van der Waals surface area contributed by atoms with Gasteiger partial charge in [0.25, 0.3) is 0 Å². The van der Waals surface area contributed by atoms with E-state index in [9.17, 15) is 22.0 Å². The molecule has 1 aliphatic rings. The zero-order valence-corrected chi connectivity index (χ0v) is 12.2. The van der Waals surface area contributed by atoms with Crippen molar-refractivity contribution in [3.63, 3.8) is 0 Å². The summed E-state index contributed by atoms with van der Waals surface area (Å²) in [5.74, 6) is -3.74. The summed E-state index contributed by atoms with van der Waals surface area (Å²) >= 11 is 0. The molecule has 0 spiro atoms. The molecule has 2 rings (SSSR count). The number of morpholine rings is 1. The molecule has 0 aromatic heterocycles. The van der Waals surface area contributed by atoms with E-state index >= 15 is 0 Å². The molecule has 0 bridgehead atoms. The van der Waals surface area contributed by atoms with Crippen LogP contribution in [-0.4, -0.2) is 50.8 Å². The number of benzene rings is 1. The average Bonchev–Trinajstić information content (AvgIpc) is 2.41. The maximum Gasteiger partial charge on any atom is 0.238 e. The minimum Gasteiger partial charge on any atom is -0.375 e. The van der Waals surface area contributed by atoms with Crippen LogP contribution in [0.25, 0.3) is 0 Å². The monoisotopic (exact) mass is 319 g/mol. The lowest BCUT2D eigenvalue weighted by atomic mass is 10.3. The maximum absolute atomic E-state index is 13.1. The van der Waals surface area contributed by atoms with Crippen LogP contribution in [-0.2, 0) is 19.4 Å². The van der Waals surface area contributed by atoms with Crippen LogP contribution in [0, 0.1) is 11.6 Å². The Bertz CT molecular complexity index is 648. The predicted octanol–water partition coefficient (Wildman–Crippen LogP) is 0.986. The molecule has 0 N–H and O–H groups in total. The predicted molar refractivity (Wildman–Crippen MR) is 70.4 cm³/mol. The van der Waals surface area contributed by atoms with E-state index in [-0.39, 0.29) is 6.10 Å². The molecule has 21 heavy (non-hydrogen) atoms. The Morgan fingerprint density at radius 2 is 2.10 bits per heavy atom. The third kappa shape index (κ3) is 3.76. The van der Waals surface area contributed by atoms with Crippen LogP contribution in [0.15, 0.2) is 23.1 Å². The minimum atomic E-state index is -4.00. The summed E-state index contributed by atoms with van der Waals surface area (Å²) in [6, 6.07) is 2.26. The number of hydrogen-bond donors (Lipinski definition) is 0. The molecule has 0 aliphatic carbocycles. The molecule has 116 valence electrons. The highest BCUT2D eigenvalue weighted by atomic mass is 32.2. The molecule has 1 fully saturated rings. The summed E-state index contributed by atoms with van der Waals surface area (Å²) in [7, 11) is -4.00. The van der Waals surface area contributed by atoms with E-state index in [0.717, 1.165) is 12.1 Å². The number of ether oxygens (including phenoxy) is 1. The molecule has 1 heterocycles. The number of sulfone groups is 1. The van der Waals surface area contributed by atoms with Crippen LogP contribution >= 0.6 is 0 Å². The maximum atomic E-state index is 13.1. The Labute approximate surface area is 121 Å². The van der Waals surface area contributed by atoms with Gasteiger partial charge in [0.2, 0.25) is 5.91 Å². The summed E-state index contributed by atoms with van der Waals surface area (Å²) in [4.78, 5) is 13.0. The van der Waals surface area contributed by atoms with Gasteiger partial charge in [0.05, 0.1) is 17.6 Å². The summed E-state index contributed by atoms with van der Waals surface area (Å²) in [5.41, 5.74) is 0. The summed E-state index contributed by atoms with van der Waals surface area (Å²) in [6.45, 7) is 2.75. The summed E-state index contributed by atoms with van der Waals surface area (Å²) in [5, 5.41) is 0. The highest BCUT2D eigenvalue weighted by molar-refractivity contribution is 7.92. The van der Waals surface area contributed by atoms with Gasteiger partial charge >= 0.3 is 0 Å². The third-order valence-corrected chi connectivity index (χ3v) is 4.76. The Hall–Kier alpha value is -1.54. The first-order valence-electron chi connectivity index (χ1n) is 6.37. The van der Waals surface area contributed by atoms with E-state index in [1.807, 2.05) is 0 Å². The molecule has 1 amide bonds. The van der Waals surface area contributed by atoms with E-state index in [2.05, 4.69) is 0 Å². The van der Waals surface area contributed by atoms with Crippen molar-refractivity contribution in [2.24, 2.45) is 0 Å². The van der Waals surface area contributed by atoms with Crippen molar-refractivity contribution in [2.75, 3.05) is 25.4 Å². The fourth-order valence-electron chi connectivity index (χ4n) is 2.05. The number of carbonyl (C=O) groups excluding carboxylic acids is 1. The van der Waals surface area contributed by atoms with E-state index in [1.165, 1.54) is 4.90 Å². The van der Waals surface area contributed by atoms with Crippen LogP contribution < -0.4 is 0 Å². The van der Waals surface area contributed by atoms with Crippen molar-refractivity contribution in [3.05, 3.63) is 29.8 Å². The second-order valence-corrected chi connectivity index (χ2v) is 6.85. The first kappa shape index (κ1) is 15.8. The second kappa shape index (κ2) is 6.07. The summed E-state index contributed by atoms with van der Waals surface area (Å²) in [6.07, 6.45) is -0.159. The van der Waals surface area contributed by atoms with Gasteiger partial charge in [0.1, 0.15) is 5.75 Å². The van der Waals surface area contributed by atoms with Crippen LogP contribution in [0.2, 0.25) is 0 Å². The fraction of sp³-hybridized carbons (Fsp3) is 0.462. The van der Waals surface area contributed by atoms with E-state index in [4.69, 9.17) is 4.74 Å². The molecule has 1 unspecified atom stereocenters. The number of hydrogen-bond acceptors (Lipinski definition) is 4. The standard InChI is InChI=1S/C13H15F2NO4S/c1-9-7-16(4-5-20-9)13(17)8-21(18,19)10-2-3-11(14)12(15)6-10/h2-3,6,9H,4-5,7-8H2,1H3. The Morgan fingerprint density at radius 1 is 1.38 bits per heavy atom. The van der Waals surface area contributed by atoms with Gasteiger partial charge in [-0.1, -0.05) is 0 Å². The van der Waals surface area contributed by atoms with Crippen molar-refractivity contribution >= 4 is 15.7 Å². The van der Waals surface area contributed by atoms with Crippen molar-refractivity contribution < 1.29 is 26.7 Å². The van der Waals surface area contributed by atoms with Gasteiger partial charge in [0, 0.05) is 13.1 Å². The Balaban J connectivity index is 2.13. The molecule has 1 saturated heterocycles. The third-order valence-electron chi connectivity index (χ3n) is 3.16. The molecule has 1 atom stereocenters. The second-order valence-electron chi connectivity index (χ2n) is 4.86. The lowest BCUT2D eigenvalue weighted by Crippen LogP contribution is -2.46. The molecule has 5 nitrogen and oxygen atoms in total.